The lowest BCUT2D eigenvalue weighted by Crippen LogP contribution is -1.94. The van der Waals surface area contributed by atoms with E-state index in [1.807, 2.05) is 71.9 Å². The Kier molecular flexibility index (Phi) is 24.7. The van der Waals surface area contributed by atoms with Gasteiger partial charge in [0.25, 0.3) is 0 Å². The molecule has 0 saturated carbocycles. The van der Waals surface area contributed by atoms with E-state index in [-0.39, 0.29) is 5.78 Å². The van der Waals surface area contributed by atoms with Gasteiger partial charge < -0.3 is 0 Å². The van der Waals surface area contributed by atoms with E-state index >= 15 is 0 Å². The van der Waals surface area contributed by atoms with Crippen LogP contribution in [0, 0.1) is 0 Å². The molecular formula is C15H28O. The summed E-state index contributed by atoms with van der Waals surface area (Å²) in [5.74, 6) is 0.214. The van der Waals surface area contributed by atoms with E-state index in [1.54, 1.807) is 6.92 Å². The molecule has 0 amide bonds. The second-order valence-electron chi connectivity index (χ2n) is 2.36. The summed E-state index contributed by atoms with van der Waals surface area (Å²) in [6, 6.07) is 9.75. The highest BCUT2D eigenvalue weighted by molar-refractivity contribution is 5.78. The lowest BCUT2D eigenvalue weighted by molar-refractivity contribution is -0.116. The largest absolute Gasteiger partial charge is 0.300 e. The smallest absolute Gasteiger partial charge is 0.134 e. The summed E-state index contributed by atoms with van der Waals surface area (Å²) >= 11 is 0. The molecule has 1 aromatic rings. The Morgan fingerprint density at radius 2 is 1.25 bits per heavy atom. The second kappa shape index (κ2) is 19.5. The summed E-state index contributed by atoms with van der Waals surface area (Å²) in [5.41, 5.74) is 1.09. The topological polar surface area (TPSA) is 17.1 Å². The zero-order chi connectivity index (χ0) is 13.4. The van der Waals surface area contributed by atoms with Gasteiger partial charge in [-0.2, -0.15) is 0 Å². The molecule has 0 aliphatic rings. The molecule has 1 heteroatoms. The predicted octanol–water partition coefficient (Wildman–Crippen LogP) is 4.90. The van der Waals surface area contributed by atoms with Crippen LogP contribution in [0.15, 0.2) is 30.3 Å². The van der Waals surface area contributed by atoms with Crippen LogP contribution in [-0.2, 0) is 11.2 Å². The van der Waals surface area contributed by atoms with Crippen molar-refractivity contribution in [3.05, 3.63) is 35.9 Å². The van der Waals surface area contributed by atoms with Crippen LogP contribution in [0.4, 0.5) is 0 Å². The van der Waals surface area contributed by atoms with Crippen LogP contribution in [-0.4, -0.2) is 5.78 Å². The molecule has 1 aromatic carbocycles. The summed E-state index contributed by atoms with van der Waals surface area (Å²) in [4.78, 5) is 10.6. The molecule has 0 aliphatic carbocycles. The highest BCUT2D eigenvalue weighted by Gasteiger charge is 1.93. The molecule has 1 rings (SSSR count). The van der Waals surface area contributed by atoms with E-state index in [1.165, 1.54) is 0 Å². The van der Waals surface area contributed by atoms with Crippen LogP contribution >= 0.6 is 0 Å². The minimum absolute atomic E-state index is 0.214. The number of Topliss-reactive ketones (excluding diaryl/α,β-unsaturated/α-hetero) is 1. The third-order valence-electron chi connectivity index (χ3n) is 1.30. The Labute approximate surface area is 102 Å². The maximum absolute atomic E-state index is 10.6. The first kappa shape index (κ1) is 20.3. The van der Waals surface area contributed by atoms with Gasteiger partial charge in [0.05, 0.1) is 0 Å². The fourth-order valence-corrected chi connectivity index (χ4v) is 0.883. The quantitative estimate of drug-likeness (QED) is 0.698. The van der Waals surface area contributed by atoms with Crippen LogP contribution in [0.2, 0.25) is 0 Å². The van der Waals surface area contributed by atoms with Crippen LogP contribution in [0.25, 0.3) is 0 Å². The molecule has 0 fully saturated rings. The van der Waals surface area contributed by atoms with E-state index in [4.69, 9.17) is 0 Å². The van der Waals surface area contributed by atoms with Crippen LogP contribution in [0.5, 0.6) is 0 Å². The van der Waals surface area contributed by atoms with E-state index in [0.29, 0.717) is 6.42 Å². The number of hydrogen-bond donors (Lipinski definition) is 0. The van der Waals surface area contributed by atoms with Gasteiger partial charge in [0, 0.05) is 6.42 Å². The fourth-order valence-electron chi connectivity index (χ4n) is 0.883. The van der Waals surface area contributed by atoms with E-state index in [0.717, 1.165) is 5.56 Å². The van der Waals surface area contributed by atoms with Crippen molar-refractivity contribution in [1.82, 2.24) is 0 Å². The van der Waals surface area contributed by atoms with Gasteiger partial charge in [-0.05, 0) is 12.5 Å². The first-order valence-electron chi connectivity index (χ1n) is 6.32. The first-order valence-corrected chi connectivity index (χ1v) is 6.32. The molecular weight excluding hydrogens is 196 g/mol. The number of carbonyl (C=O) groups excluding carboxylic acids is 1. The van der Waals surface area contributed by atoms with Crippen LogP contribution < -0.4 is 0 Å². The van der Waals surface area contributed by atoms with Crippen molar-refractivity contribution in [2.75, 3.05) is 0 Å². The van der Waals surface area contributed by atoms with Crippen molar-refractivity contribution in [1.29, 1.82) is 0 Å². The average Bonchev–Trinajstić information content (AvgIpc) is 2.37. The second-order valence-corrected chi connectivity index (χ2v) is 2.36. The summed E-state index contributed by atoms with van der Waals surface area (Å²) in [6.07, 6.45) is 0.556. The summed E-state index contributed by atoms with van der Waals surface area (Å²) in [5, 5.41) is 0. The Morgan fingerprint density at radius 3 is 1.56 bits per heavy atom. The summed E-state index contributed by atoms with van der Waals surface area (Å²) in [6.45, 7) is 13.6. The monoisotopic (exact) mass is 224 g/mol. The van der Waals surface area contributed by atoms with Gasteiger partial charge in [-0.1, -0.05) is 71.9 Å². The van der Waals surface area contributed by atoms with Crippen LogP contribution in [0.3, 0.4) is 0 Å². The van der Waals surface area contributed by atoms with Gasteiger partial charge in [0.1, 0.15) is 5.78 Å². The number of benzene rings is 1. The van der Waals surface area contributed by atoms with Crippen molar-refractivity contribution in [2.45, 2.75) is 54.9 Å². The molecule has 1 nitrogen and oxygen atoms in total. The van der Waals surface area contributed by atoms with Gasteiger partial charge in [-0.3, -0.25) is 4.79 Å². The van der Waals surface area contributed by atoms with Gasteiger partial charge in [-0.15, -0.1) is 0 Å². The van der Waals surface area contributed by atoms with Crippen molar-refractivity contribution < 1.29 is 4.79 Å². The Balaban J connectivity index is -0.000000245. The number of carbonyl (C=O) groups is 1. The Bertz CT molecular complexity index is 214. The number of ketones is 1. The SMILES string of the molecule is CC.CC.CC.CC(=O)Cc1ccccc1. The van der Waals surface area contributed by atoms with E-state index < -0.39 is 0 Å². The van der Waals surface area contributed by atoms with Crippen molar-refractivity contribution in [3.8, 4) is 0 Å². The molecule has 0 aliphatic heterocycles. The molecule has 0 radical (unpaired) electrons. The number of rotatable bonds is 2. The number of hydrogen-bond acceptors (Lipinski definition) is 1. The van der Waals surface area contributed by atoms with Gasteiger partial charge in [-0.25, -0.2) is 0 Å². The first-order chi connectivity index (χ1) is 7.79. The molecule has 0 spiro atoms. The zero-order valence-corrected chi connectivity index (χ0v) is 12.0. The highest BCUT2D eigenvalue weighted by Crippen LogP contribution is 1.98. The normalized spacial score (nSPS) is 6.94. The predicted molar refractivity (Wildman–Crippen MR) is 74.9 cm³/mol. The third-order valence-corrected chi connectivity index (χ3v) is 1.30. The molecule has 0 heterocycles. The molecule has 0 N–H and O–H groups in total. The minimum atomic E-state index is 0.214. The lowest BCUT2D eigenvalue weighted by Gasteiger charge is -1.93. The fraction of sp³-hybridized carbons (Fsp3) is 0.533. The van der Waals surface area contributed by atoms with Gasteiger partial charge in [0.15, 0.2) is 0 Å². The van der Waals surface area contributed by atoms with Crippen molar-refractivity contribution >= 4 is 5.78 Å². The van der Waals surface area contributed by atoms with Crippen molar-refractivity contribution in [3.63, 3.8) is 0 Å². The van der Waals surface area contributed by atoms with Gasteiger partial charge in [0.2, 0.25) is 0 Å². The lowest BCUT2D eigenvalue weighted by atomic mass is 10.1. The molecule has 0 saturated heterocycles. The highest BCUT2D eigenvalue weighted by atomic mass is 16.1. The zero-order valence-electron chi connectivity index (χ0n) is 12.0. The summed E-state index contributed by atoms with van der Waals surface area (Å²) < 4.78 is 0. The third kappa shape index (κ3) is 15.4. The minimum Gasteiger partial charge on any atom is -0.300 e. The molecule has 0 unspecified atom stereocenters. The molecule has 0 bridgehead atoms. The molecule has 94 valence electrons. The van der Waals surface area contributed by atoms with E-state index in [9.17, 15) is 4.79 Å². The Hall–Kier alpha value is -1.11. The molecule has 0 atom stereocenters. The summed E-state index contributed by atoms with van der Waals surface area (Å²) in [7, 11) is 0. The molecule has 16 heavy (non-hydrogen) atoms. The van der Waals surface area contributed by atoms with Gasteiger partial charge >= 0.3 is 0 Å². The van der Waals surface area contributed by atoms with Crippen molar-refractivity contribution in [2.24, 2.45) is 0 Å². The maximum Gasteiger partial charge on any atom is 0.134 e. The molecule has 0 aromatic heterocycles. The average molecular weight is 224 g/mol. The van der Waals surface area contributed by atoms with Crippen LogP contribution in [0.1, 0.15) is 54.0 Å². The maximum atomic E-state index is 10.6. The Morgan fingerprint density at radius 1 is 0.875 bits per heavy atom. The van der Waals surface area contributed by atoms with E-state index in [2.05, 4.69) is 0 Å². The standard InChI is InChI=1S/C9H10O.3C2H6/c1-8(10)7-9-5-3-2-4-6-9;3*1-2/h2-6H,7H2,1H3;3*1-2H3.